The van der Waals surface area contributed by atoms with Gasteiger partial charge in [-0.2, -0.15) is 13.2 Å². The molecule has 0 atom stereocenters. The first kappa shape index (κ1) is 26.8. The Morgan fingerprint density at radius 2 is 1.69 bits per heavy atom. The van der Waals surface area contributed by atoms with Crippen LogP contribution in [0.2, 0.25) is 5.02 Å². The number of hydrogen-bond donors (Lipinski definition) is 1. The molecule has 3 aromatic carbocycles. The van der Waals surface area contributed by atoms with Gasteiger partial charge in [0.25, 0.3) is 0 Å². The lowest BCUT2D eigenvalue weighted by atomic mass is 9.98. The third-order valence-electron chi connectivity index (χ3n) is 6.43. The summed E-state index contributed by atoms with van der Waals surface area (Å²) < 4.78 is 47.3. The molecule has 1 aliphatic rings. The number of nitrogens with zero attached hydrogens (tertiary/aromatic N) is 1. The molecule has 0 spiro atoms. The fourth-order valence-electron chi connectivity index (χ4n) is 4.64. The van der Waals surface area contributed by atoms with Crippen molar-refractivity contribution < 1.29 is 27.5 Å². The van der Waals surface area contributed by atoms with Crippen LogP contribution in [0.5, 0.6) is 0 Å². The zero-order valence-corrected chi connectivity index (χ0v) is 21.7. The highest BCUT2D eigenvalue weighted by Crippen LogP contribution is 2.45. The molecule has 198 valence electrons. The number of alkyl carbamates (subject to hydrolysis) is 1. The minimum absolute atomic E-state index is 0.0154. The summed E-state index contributed by atoms with van der Waals surface area (Å²) >= 11 is 7.19. The third-order valence-corrected chi connectivity index (χ3v) is 8.08. The number of aromatic nitrogens is 1. The Labute approximate surface area is 231 Å². The number of fused-ring (bicyclic) bond motifs is 3. The molecule has 4 aromatic rings. The number of carbonyl (C=O) groups is 2. The fraction of sp³-hybridized carbons (Fsp3) is 0.138. The number of halogens is 4. The normalized spacial score (nSPS) is 12.5. The number of carbonyl (C=O) groups excluding carboxylic acids is 2. The maximum atomic E-state index is 13.9. The van der Waals surface area contributed by atoms with E-state index >= 15 is 0 Å². The molecule has 0 saturated carbocycles. The molecule has 0 saturated heterocycles. The number of rotatable bonds is 7. The molecule has 1 aromatic heterocycles. The number of ether oxygens (including phenoxy) is 1. The van der Waals surface area contributed by atoms with Crippen LogP contribution < -0.4 is 5.32 Å². The monoisotopic (exact) mass is 568 g/mol. The van der Waals surface area contributed by atoms with E-state index in [9.17, 15) is 22.8 Å². The van der Waals surface area contributed by atoms with Crippen LogP contribution in [-0.4, -0.2) is 24.0 Å². The molecule has 10 heteroatoms. The SMILES string of the molecule is O=Cc1ccncc1Sc1c(Cl)ccc(C(F)(F)F)c1CNC(=O)OCC1c2ccccc2-c2ccccc21. The van der Waals surface area contributed by atoms with E-state index in [4.69, 9.17) is 16.3 Å². The fourth-order valence-corrected chi connectivity index (χ4v) is 5.98. The van der Waals surface area contributed by atoms with E-state index in [1.54, 1.807) is 0 Å². The van der Waals surface area contributed by atoms with E-state index in [-0.39, 0.29) is 33.6 Å². The Morgan fingerprint density at radius 3 is 2.33 bits per heavy atom. The number of nitrogens with one attached hydrogen (secondary N) is 1. The summed E-state index contributed by atoms with van der Waals surface area (Å²) in [6.45, 7) is -0.480. The van der Waals surface area contributed by atoms with Crippen molar-refractivity contribution in [3.8, 4) is 11.1 Å². The molecular formula is C29H20ClF3N2O3S. The molecular weight excluding hydrogens is 549 g/mol. The minimum atomic E-state index is -4.71. The lowest BCUT2D eigenvalue weighted by Gasteiger charge is -2.19. The molecule has 0 fully saturated rings. The molecule has 0 unspecified atom stereocenters. The van der Waals surface area contributed by atoms with Gasteiger partial charge in [0.15, 0.2) is 6.29 Å². The maximum absolute atomic E-state index is 13.9. The molecule has 1 heterocycles. The van der Waals surface area contributed by atoms with Crippen molar-refractivity contribution in [1.29, 1.82) is 0 Å². The van der Waals surface area contributed by atoms with Gasteiger partial charge in [0, 0.05) is 40.2 Å². The lowest BCUT2D eigenvalue weighted by Crippen LogP contribution is -2.27. The largest absolute Gasteiger partial charge is 0.449 e. The van der Waals surface area contributed by atoms with E-state index in [1.165, 1.54) is 18.5 Å². The summed E-state index contributed by atoms with van der Waals surface area (Å²) in [5, 5.41) is 2.49. The summed E-state index contributed by atoms with van der Waals surface area (Å²) in [7, 11) is 0. The van der Waals surface area contributed by atoms with Crippen LogP contribution >= 0.6 is 23.4 Å². The Balaban J connectivity index is 1.36. The van der Waals surface area contributed by atoms with E-state index in [1.807, 2.05) is 48.5 Å². The molecule has 39 heavy (non-hydrogen) atoms. The summed E-state index contributed by atoms with van der Waals surface area (Å²) in [6, 6.07) is 19.1. The van der Waals surface area contributed by atoms with Crippen LogP contribution in [0.4, 0.5) is 18.0 Å². The van der Waals surface area contributed by atoms with E-state index in [2.05, 4.69) is 10.3 Å². The second-order valence-electron chi connectivity index (χ2n) is 8.71. The van der Waals surface area contributed by atoms with Crippen LogP contribution in [0.15, 0.2) is 88.9 Å². The van der Waals surface area contributed by atoms with Crippen molar-refractivity contribution in [1.82, 2.24) is 10.3 Å². The highest BCUT2D eigenvalue weighted by molar-refractivity contribution is 7.99. The maximum Gasteiger partial charge on any atom is 0.416 e. The van der Waals surface area contributed by atoms with Gasteiger partial charge in [-0.3, -0.25) is 9.78 Å². The summed E-state index contributed by atoms with van der Waals surface area (Å²) in [4.78, 5) is 28.5. The summed E-state index contributed by atoms with van der Waals surface area (Å²) in [5.41, 5.74) is 3.20. The van der Waals surface area contributed by atoms with Gasteiger partial charge in [0.05, 0.1) is 10.6 Å². The smallest absolute Gasteiger partial charge is 0.416 e. The minimum Gasteiger partial charge on any atom is -0.449 e. The van der Waals surface area contributed by atoms with Gasteiger partial charge in [-0.05, 0) is 46.0 Å². The first-order chi connectivity index (χ1) is 18.8. The molecule has 0 bridgehead atoms. The standard InChI is InChI=1S/C29H20ClF3N2O3S/c30-25-10-9-24(29(31,32)33)22(27(25)39-26-14-34-12-11-17(26)15-36)13-35-28(37)38-16-23-20-7-3-1-5-18(20)19-6-2-4-8-21(19)23/h1-12,14-15,23H,13,16H2,(H,35,37). The summed E-state index contributed by atoms with van der Waals surface area (Å²) in [6.07, 6.45) is -2.22. The molecule has 1 aliphatic carbocycles. The van der Waals surface area contributed by atoms with Gasteiger partial charge >= 0.3 is 12.3 Å². The Bertz CT molecular complexity index is 1520. The first-order valence-electron chi connectivity index (χ1n) is 11.8. The second-order valence-corrected chi connectivity index (χ2v) is 10.2. The average Bonchev–Trinajstić information content (AvgIpc) is 3.25. The number of hydrogen-bond acceptors (Lipinski definition) is 5. The van der Waals surface area contributed by atoms with Gasteiger partial charge in [0.2, 0.25) is 0 Å². The van der Waals surface area contributed by atoms with Gasteiger partial charge in [-0.25, -0.2) is 4.79 Å². The van der Waals surface area contributed by atoms with Crippen LogP contribution in [0, 0.1) is 0 Å². The van der Waals surface area contributed by atoms with Crippen LogP contribution in [-0.2, 0) is 17.5 Å². The van der Waals surface area contributed by atoms with Crippen molar-refractivity contribution >= 4 is 35.7 Å². The predicted octanol–water partition coefficient (Wildman–Crippen LogP) is 7.76. The molecule has 0 radical (unpaired) electrons. The van der Waals surface area contributed by atoms with Gasteiger partial charge < -0.3 is 10.1 Å². The van der Waals surface area contributed by atoms with Crippen molar-refractivity contribution in [2.75, 3.05) is 6.61 Å². The van der Waals surface area contributed by atoms with Crippen LogP contribution in [0.1, 0.15) is 38.5 Å². The number of pyridine rings is 1. The second kappa shape index (κ2) is 11.1. The van der Waals surface area contributed by atoms with E-state index in [0.29, 0.717) is 11.2 Å². The average molecular weight is 569 g/mol. The topological polar surface area (TPSA) is 68.3 Å². The van der Waals surface area contributed by atoms with E-state index < -0.39 is 24.4 Å². The van der Waals surface area contributed by atoms with Crippen molar-refractivity contribution in [2.45, 2.75) is 28.4 Å². The van der Waals surface area contributed by atoms with Gasteiger partial charge in [0.1, 0.15) is 6.61 Å². The van der Waals surface area contributed by atoms with Crippen molar-refractivity contribution in [3.05, 3.63) is 112 Å². The molecule has 0 aliphatic heterocycles. The number of benzene rings is 3. The van der Waals surface area contributed by atoms with E-state index in [0.717, 1.165) is 46.1 Å². The molecule has 1 N–H and O–H groups in total. The zero-order chi connectivity index (χ0) is 27.6. The van der Waals surface area contributed by atoms with Crippen LogP contribution in [0.25, 0.3) is 11.1 Å². The van der Waals surface area contributed by atoms with Crippen LogP contribution in [0.3, 0.4) is 0 Å². The quantitative estimate of drug-likeness (QED) is 0.231. The third kappa shape index (κ3) is 5.51. The van der Waals surface area contributed by atoms with Gasteiger partial charge in [-0.15, -0.1) is 0 Å². The predicted molar refractivity (Wildman–Crippen MR) is 142 cm³/mol. The Hall–Kier alpha value is -3.82. The Morgan fingerprint density at radius 1 is 1.03 bits per heavy atom. The van der Waals surface area contributed by atoms with Gasteiger partial charge in [-0.1, -0.05) is 71.9 Å². The number of amides is 1. The molecule has 1 amide bonds. The van der Waals surface area contributed by atoms with Crippen molar-refractivity contribution in [3.63, 3.8) is 0 Å². The molecule has 5 rings (SSSR count). The summed E-state index contributed by atoms with van der Waals surface area (Å²) in [5.74, 6) is -0.196. The van der Waals surface area contributed by atoms with Crippen molar-refractivity contribution in [2.24, 2.45) is 0 Å². The zero-order valence-electron chi connectivity index (χ0n) is 20.2. The molecule has 5 nitrogen and oxygen atoms in total. The number of alkyl halides is 3. The first-order valence-corrected chi connectivity index (χ1v) is 13.0. The lowest BCUT2D eigenvalue weighted by molar-refractivity contribution is -0.138. The Kier molecular flexibility index (Phi) is 7.63. The highest BCUT2D eigenvalue weighted by Gasteiger charge is 2.35. The number of aldehydes is 1. The highest BCUT2D eigenvalue weighted by atomic mass is 35.5.